The van der Waals surface area contributed by atoms with E-state index in [0.717, 1.165) is 0 Å². The van der Waals surface area contributed by atoms with Crippen molar-refractivity contribution in [1.82, 2.24) is 9.97 Å². The second kappa shape index (κ2) is 7.56. The van der Waals surface area contributed by atoms with E-state index in [2.05, 4.69) is 15.3 Å². The maximum absolute atomic E-state index is 11.9. The van der Waals surface area contributed by atoms with Crippen LogP contribution < -0.4 is 10.1 Å². The van der Waals surface area contributed by atoms with Crippen LogP contribution in [0.2, 0.25) is 5.15 Å². The van der Waals surface area contributed by atoms with Gasteiger partial charge in [0.05, 0.1) is 19.0 Å². The van der Waals surface area contributed by atoms with Crippen molar-refractivity contribution in [3.05, 3.63) is 47.5 Å². The Morgan fingerprint density at radius 3 is 2.67 bits per heavy atom. The molecule has 0 fully saturated rings. The standard InChI is InChI=1S/C14H14ClN3O3/c1-20-6-7-21-11-4-2-10(3-5-11)17-14(19)12-8-16-9-13(15)18-12/h2-5,8-9H,6-7H2,1H3,(H,17,19). The topological polar surface area (TPSA) is 73.3 Å². The predicted octanol–water partition coefficient (Wildman–Crippen LogP) is 2.41. The van der Waals surface area contributed by atoms with Crippen molar-refractivity contribution in [3.63, 3.8) is 0 Å². The van der Waals surface area contributed by atoms with Crippen LogP contribution in [0.25, 0.3) is 0 Å². The number of methoxy groups -OCH3 is 1. The van der Waals surface area contributed by atoms with Crippen molar-refractivity contribution in [3.8, 4) is 5.75 Å². The van der Waals surface area contributed by atoms with Crippen LogP contribution in [-0.2, 0) is 4.74 Å². The molecule has 1 heterocycles. The van der Waals surface area contributed by atoms with E-state index >= 15 is 0 Å². The maximum atomic E-state index is 11.9. The third-order valence-corrected chi connectivity index (χ3v) is 2.69. The van der Waals surface area contributed by atoms with Gasteiger partial charge in [-0.3, -0.25) is 9.78 Å². The van der Waals surface area contributed by atoms with Crippen molar-refractivity contribution < 1.29 is 14.3 Å². The summed E-state index contributed by atoms with van der Waals surface area (Å²) in [5.74, 6) is 0.325. The van der Waals surface area contributed by atoms with Gasteiger partial charge in [-0.1, -0.05) is 11.6 Å². The fourth-order valence-corrected chi connectivity index (χ4v) is 1.67. The molecule has 0 saturated carbocycles. The lowest BCUT2D eigenvalue weighted by atomic mass is 10.3. The molecule has 2 rings (SSSR count). The van der Waals surface area contributed by atoms with Gasteiger partial charge in [0.25, 0.3) is 5.91 Å². The number of anilines is 1. The molecule has 1 aromatic carbocycles. The average Bonchev–Trinajstić information content (AvgIpc) is 2.49. The van der Waals surface area contributed by atoms with Gasteiger partial charge in [-0.15, -0.1) is 0 Å². The second-order valence-electron chi connectivity index (χ2n) is 4.05. The van der Waals surface area contributed by atoms with E-state index in [9.17, 15) is 4.79 Å². The first kappa shape index (κ1) is 15.2. The number of nitrogens with one attached hydrogen (secondary N) is 1. The van der Waals surface area contributed by atoms with Gasteiger partial charge in [-0.05, 0) is 24.3 Å². The van der Waals surface area contributed by atoms with Crippen LogP contribution in [0, 0.1) is 0 Å². The summed E-state index contributed by atoms with van der Waals surface area (Å²) in [7, 11) is 1.61. The molecule has 0 radical (unpaired) electrons. The molecule has 0 aliphatic carbocycles. The molecule has 1 amide bonds. The Morgan fingerprint density at radius 1 is 1.24 bits per heavy atom. The van der Waals surface area contributed by atoms with Crippen LogP contribution in [0.1, 0.15) is 10.5 Å². The van der Waals surface area contributed by atoms with Crippen LogP contribution in [0.3, 0.4) is 0 Å². The van der Waals surface area contributed by atoms with E-state index < -0.39 is 0 Å². The molecule has 1 N–H and O–H groups in total. The number of rotatable bonds is 6. The second-order valence-corrected chi connectivity index (χ2v) is 4.43. The lowest BCUT2D eigenvalue weighted by Gasteiger charge is -2.07. The van der Waals surface area contributed by atoms with E-state index in [1.165, 1.54) is 12.4 Å². The zero-order chi connectivity index (χ0) is 15.1. The summed E-state index contributed by atoms with van der Waals surface area (Å²) in [6, 6.07) is 6.99. The Morgan fingerprint density at radius 2 is 2.00 bits per heavy atom. The van der Waals surface area contributed by atoms with Gasteiger partial charge in [-0.2, -0.15) is 0 Å². The van der Waals surface area contributed by atoms with Gasteiger partial charge >= 0.3 is 0 Å². The number of hydrogen-bond donors (Lipinski definition) is 1. The van der Waals surface area contributed by atoms with Gasteiger partial charge in [-0.25, -0.2) is 4.98 Å². The molecule has 0 bridgehead atoms. The normalized spacial score (nSPS) is 10.2. The Kier molecular flexibility index (Phi) is 5.48. The smallest absolute Gasteiger partial charge is 0.275 e. The predicted molar refractivity (Wildman–Crippen MR) is 78.8 cm³/mol. The molecule has 0 aliphatic rings. The first-order valence-electron chi connectivity index (χ1n) is 6.20. The van der Waals surface area contributed by atoms with Gasteiger partial charge in [0.1, 0.15) is 23.2 Å². The van der Waals surface area contributed by atoms with Crippen LogP contribution in [0.15, 0.2) is 36.7 Å². The zero-order valence-corrected chi connectivity index (χ0v) is 12.1. The monoisotopic (exact) mass is 307 g/mol. The summed E-state index contributed by atoms with van der Waals surface area (Å²) in [5, 5.41) is 2.87. The molecular weight excluding hydrogens is 294 g/mol. The molecule has 2 aromatic rings. The number of benzene rings is 1. The molecule has 21 heavy (non-hydrogen) atoms. The molecule has 0 aliphatic heterocycles. The van der Waals surface area contributed by atoms with Crippen LogP contribution in [-0.4, -0.2) is 36.2 Å². The molecule has 6 nitrogen and oxygen atoms in total. The number of aromatic nitrogens is 2. The number of ether oxygens (including phenoxy) is 2. The number of carbonyl (C=O) groups is 1. The third kappa shape index (κ3) is 4.70. The molecule has 0 spiro atoms. The minimum absolute atomic E-state index is 0.155. The summed E-state index contributed by atoms with van der Waals surface area (Å²) in [6.45, 7) is 0.992. The maximum Gasteiger partial charge on any atom is 0.275 e. The largest absolute Gasteiger partial charge is 0.491 e. The van der Waals surface area contributed by atoms with Gasteiger partial charge < -0.3 is 14.8 Å². The minimum Gasteiger partial charge on any atom is -0.491 e. The summed E-state index contributed by atoms with van der Waals surface area (Å²) in [4.78, 5) is 19.6. The van der Waals surface area contributed by atoms with E-state index in [-0.39, 0.29) is 16.8 Å². The molecule has 1 aromatic heterocycles. The van der Waals surface area contributed by atoms with Crippen molar-refractivity contribution >= 4 is 23.2 Å². The summed E-state index contributed by atoms with van der Waals surface area (Å²) < 4.78 is 10.3. The molecule has 0 atom stereocenters. The minimum atomic E-state index is -0.377. The van der Waals surface area contributed by atoms with E-state index in [4.69, 9.17) is 21.1 Å². The number of hydrogen-bond acceptors (Lipinski definition) is 5. The van der Waals surface area contributed by atoms with Crippen molar-refractivity contribution in [1.29, 1.82) is 0 Å². The molecule has 7 heteroatoms. The first-order valence-corrected chi connectivity index (χ1v) is 6.57. The number of carbonyl (C=O) groups excluding carboxylic acids is 1. The van der Waals surface area contributed by atoms with Crippen molar-refractivity contribution in [2.45, 2.75) is 0 Å². The Balaban J connectivity index is 1.95. The Labute approximate surface area is 127 Å². The Hall–Kier alpha value is -2.18. The number of amides is 1. The number of nitrogens with zero attached hydrogens (tertiary/aromatic N) is 2. The van der Waals surface area contributed by atoms with E-state index in [1.807, 2.05) is 0 Å². The van der Waals surface area contributed by atoms with E-state index in [1.54, 1.807) is 31.4 Å². The Bertz CT molecular complexity index is 605. The van der Waals surface area contributed by atoms with Crippen molar-refractivity contribution in [2.75, 3.05) is 25.6 Å². The average molecular weight is 308 g/mol. The van der Waals surface area contributed by atoms with Crippen LogP contribution >= 0.6 is 11.6 Å². The van der Waals surface area contributed by atoms with Gasteiger partial charge in [0.2, 0.25) is 0 Å². The zero-order valence-electron chi connectivity index (χ0n) is 11.4. The van der Waals surface area contributed by atoms with Crippen LogP contribution in [0.4, 0.5) is 5.69 Å². The summed E-state index contributed by atoms with van der Waals surface area (Å²) >= 11 is 5.69. The van der Waals surface area contributed by atoms with E-state index in [0.29, 0.717) is 24.7 Å². The van der Waals surface area contributed by atoms with Gasteiger partial charge in [0, 0.05) is 12.8 Å². The van der Waals surface area contributed by atoms with Crippen molar-refractivity contribution in [2.24, 2.45) is 0 Å². The quantitative estimate of drug-likeness (QED) is 0.830. The molecule has 0 saturated heterocycles. The first-order chi connectivity index (χ1) is 10.2. The fraction of sp³-hybridized carbons (Fsp3) is 0.214. The summed E-state index contributed by atoms with van der Waals surface area (Å²) in [6.07, 6.45) is 2.72. The van der Waals surface area contributed by atoms with Crippen LogP contribution in [0.5, 0.6) is 5.75 Å². The lowest BCUT2D eigenvalue weighted by molar-refractivity contribution is 0.102. The van der Waals surface area contributed by atoms with Gasteiger partial charge in [0.15, 0.2) is 0 Å². The summed E-state index contributed by atoms with van der Waals surface area (Å²) in [5.41, 5.74) is 0.781. The molecule has 110 valence electrons. The highest BCUT2D eigenvalue weighted by atomic mass is 35.5. The molecular formula is C14H14ClN3O3. The highest BCUT2D eigenvalue weighted by molar-refractivity contribution is 6.29. The third-order valence-electron chi connectivity index (χ3n) is 2.51. The SMILES string of the molecule is COCCOc1ccc(NC(=O)c2cncc(Cl)n2)cc1. The highest BCUT2D eigenvalue weighted by Crippen LogP contribution is 2.16. The lowest BCUT2D eigenvalue weighted by Crippen LogP contribution is -2.14. The fourth-order valence-electron chi connectivity index (χ4n) is 1.52. The molecule has 0 unspecified atom stereocenters. The number of halogens is 1. The highest BCUT2D eigenvalue weighted by Gasteiger charge is 2.08.